The fourth-order valence-electron chi connectivity index (χ4n) is 6.18. The Hall–Kier alpha value is -1.77. The molecule has 56 heavy (non-hydrogen) atoms. The van der Waals surface area contributed by atoms with Gasteiger partial charge in [0.25, 0.3) is 0 Å². The van der Waals surface area contributed by atoms with Crippen molar-refractivity contribution in [2.45, 2.75) is 157 Å². The SMILES string of the molecule is CCCCO[Si](CC(C)COc1ccc(C(C)c2ccc(OCC(C)C[Si](OCCCC)(OCCCC)OCCCC)cc2)cc1)(OCCCC)OCCCC. The molecule has 0 saturated carbocycles. The molecule has 0 aliphatic heterocycles. The summed E-state index contributed by atoms with van der Waals surface area (Å²) >= 11 is 0. The maximum Gasteiger partial charge on any atom is 0.501 e. The third-order valence-electron chi connectivity index (χ3n) is 9.95. The van der Waals surface area contributed by atoms with Crippen LogP contribution in [0.25, 0.3) is 0 Å². The van der Waals surface area contributed by atoms with E-state index in [2.05, 4.69) is 111 Å². The molecule has 322 valence electrons. The number of rotatable bonds is 36. The molecule has 2 aromatic carbocycles. The second-order valence-corrected chi connectivity index (χ2v) is 21.0. The summed E-state index contributed by atoms with van der Waals surface area (Å²) in [6.45, 7) is 25.1. The highest BCUT2D eigenvalue weighted by molar-refractivity contribution is 6.61. The van der Waals surface area contributed by atoms with E-state index in [4.69, 9.17) is 36.0 Å². The average molecular weight is 819 g/mol. The Morgan fingerprint density at radius 3 is 0.875 bits per heavy atom. The highest BCUT2D eigenvalue weighted by Crippen LogP contribution is 2.30. The van der Waals surface area contributed by atoms with Gasteiger partial charge >= 0.3 is 17.6 Å². The molecule has 10 heteroatoms. The fraction of sp³-hybridized carbons (Fsp3) is 0.739. The van der Waals surface area contributed by atoms with E-state index in [1.54, 1.807) is 0 Å². The Bertz CT molecular complexity index is 1070. The summed E-state index contributed by atoms with van der Waals surface area (Å²) in [5.41, 5.74) is 2.49. The van der Waals surface area contributed by atoms with E-state index in [-0.39, 0.29) is 17.8 Å². The lowest BCUT2D eigenvalue weighted by Crippen LogP contribution is -2.48. The van der Waals surface area contributed by atoms with Crippen LogP contribution in [0.1, 0.15) is 156 Å². The normalized spacial score (nSPS) is 13.8. The van der Waals surface area contributed by atoms with Gasteiger partial charge in [-0.05, 0) is 85.8 Å². The maximum absolute atomic E-state index is 6.48. The highest BCUT2D eigenvalue weighted by Gasteiger charge is 2.44. The molecule has 0 amide bonds. The molecule has 2 aromatic rings. The van der Waals surface area contributed by atoms with Crippen molar-refractivity contribution in [3.63, 3.8) is 0 Å². The zero-order valence-corrected chi connectivity index (χ0v) is 39.2. The summed E-state index contributed by atoms with van der Waals surface area (Å²) in [4.78, 5) is 0. The first kappa shape index (κ1) is 50.4. The Kier molecular flexibility index (Phi) is 27.3. The number of benzene rings is 2. The molecule has 0 aliphatic rings. The summed E-state index contributed by atoms with van der Waals surface area (Å²) in [6, 6.07) is 18.6. The molecule has 0 saturated heterocycles. The first-order chi connectivity index (χ1) is 27.2. The van der Waals surface area contributed by atoms with Crippen molar-refractivity contribution in [2.75, 3.05) is 52.9 Å². The van der Waals surface area contributed by atoms with Crippen LogP contribution in [0.15, 0.2) is 48.5 Å². The third kappa shape index (κ3) is 20.3. The predicted octanol–water partition coefficient (Wildman–Crippen LogP) is 12.6. The van der Waals surface area contributed by atoms with Gasteiger partial charge in [0.15, 0.2) is 0 Å². The molecule has 2 atom stereocenters. The summed E-state index contributed by atoms with van der Waals surface area (Å²) in [5, 5.41) is 0. The smallest absolute Gasteiger partial charge is 0.493 e. The minimum atomic E-state index is -2.82. The minimum absolute atomic E-state index is 0.232. The first-order valence-electron chi connectivity index (χ1n) is 22.5. The minimum Gasteiger partial charge on any atom is -0.493 e. The zero-order chi connectivity index (χ0) is 40.9. The second kappa shape index (κ2) is 30.3. The van der Waals surface area contributed by atoms with Crippen molar-refractivity contribution < 1.29 is 36.0 Å². The molecule has 2 unspecified atom stereocenters. The third-order valence-corrected chi connectivity index (χ3v) is 16.2. The number of hydrogen-bond donors (Lipinski definition) is 0. The van der Waals surface area contributed by atoms with Gasteiger partial charge in [0, 0.05) is 57.6 Å². The Morgan fingerprint density at radius 2 is 0.643 bits per heavy atom. The van der Waals surface area contributed by atoms with Crippen molar-refractivity contribution in [3.8, 4) is 11.5 Å². The van der Waals surface area contributed by atoms with Crippen LogP contribution in [-0.2, 0) is 26.6 Å². The van der Waals surface area contributed by atoms with E-state index in [0.717, 1.165) is 101 Å². The summed E-state index contributed by atoms with van der Waals surface area (Å²) in [5.74, 6) is 2.44. The van der Waals surface area contributed by atoms with Crippen LogP contribution in [-0.4, -0.2) is 70.5 Å². The number of unbranched alkanes of at least 4 members (excludes halogenated alkanes) is 6. The van der Waals surface area contributed by atoms with Crippen molar-refractivity contribution in [1.29, 1.82) is 0 Å². The molecule has 8 nitrogen and oxygen atoms in total. The molecule has 0 N–H and O–H groups in total. The molecule has 0 heterocycles. The van der Waals surface area contributed by atoms with Crippen molar-refractivity contribution in [2.24, 2.45) is 11.8 Å². The van der Waals surface area contributed by atoms with Crippen molar-refractivity contribution >= 4 is 17.6 Å². The molecule has 2 rings (SSSR count). The maximum atomic E-state index is 6.48. The zero-order valence-electron chi connectivity index (χ0n) is 37.2. The van der Waals surface area contributed by atoms with Crippen LogP contribution >= 0.6 is 0 Å². The first-order valence-corrected chi connectivity index (χ1v) is 26.3. The van der Waals surface area contributed by atoms with Crippen LogP contribution in [0.5, 0.6) is 11.5 Å². The fourth-order valence-corrected chi connectivity index (χ4v) is 12.1. The highest BCUT2D eigenvalue weighted by atomic mass is 28.4. The summed E-state index contributed by atoms with van der Waals surface area (Å²) in [7, 11) is -5.63. The van der Waals surface area contributed by atoms with Gasteiger partial charge in [-0.1, -0.05) is 125 Å². The van der Waals surface area contributed by atoms with Crippen LogP contribution in [0.4, 0.5) is 0 Å². The molecular formula is C46H82O8Si2. The summed E-state index contributed by atoms with van der Waals surface area (Å²) < 4.78 is 51.5. The van der Waals surface area contributed by atoms with Gasteiger partial charge in [0.05, 0.1) is 13.2 Å². The van der Waals surface area contributed by atoms with Crippen LogP contribution in [0.2, 0.25) is 12.1 Å². The van der Waals surface area contributed by atoms with Gasteiger partial charge in [-0.15, -0.1) is 0 Å². The Balaban J connectivity index is 1.98. The number of hydrogen-bond acceptors (Lipinski definition) is 8. The molecule has 0 aliphatic carbocycles. The quantitative estimate of drug-likeness (QED) is 0.0497. The monoisotopic (exact) mass is 819 g/mol. The van der Waals surface area contributed by atoms with Gasteiger partial charge in [-0.2, -0.15) is 0 Å². The van der Waals surface area contributed by atoms with E-state index >= 15 is 0 Å². The lowest BCUT2D eigenvalue weighted by molar-refractivity contribution is 0.0502. The van der Waals surface area contributed by atoms with Crippen LogP contribution < -0.4 is 9.47 Å². The molecular weight excluding hydrogens is 737 g/mol. The Labute approximate surface area is 345 Å². The Morgan fingerprint density at radius 1 is 0.393 bits per heavy atom. The average Bonchev–Trinajstić information content (AvgIpc) is 3.20. The topological polar surface area (TPSA) is 73.8 Å². The van der Waals surface area contributed by atoms with Crippen LogP contribution in [0.3, 0.4) is 0 Å². The molecule has 0 fully saturated rings. The van der Waals surface area contributed by atoms with Crippen molar-refractivity contribution in [3.05, 3.63) is 59.7 Å². The van der Waals surface area contributed by atoms with Gasteiger partial charge < -0.3 is 36.0 Å². The van der Waals surface area contributed by atoms with E-state index in [1.165, 1.54) is 11.1 Å². The summed E-state index contributed by atoms with van der Waals surface area (Å²) in [6.07, 6.45) is 12.6. The number of ether oxygens (including phenoxy) is 2. The molecule has 0 radical (unpaired) electrons. The molecule has 0 bridgehead atoms. The molecule has 0 aromatic heterocycles. The van der Waals surface area contributed by atoms with E-state index in [9.17, 15) is 0 Å². The van der Waals surface area contributed by atoms with Gasteiger partial charge in [-0.25, -0.2) is 0 Å². The van der Waals surface area contributed by atoms with Crippen LogP contribution in [0, 0.1) is 11.8 Å². The standard InChI is InChI=1S/C46H82O8Si2/c1-10-16-30-49-55(50-31-17-11-2,51-32-18-12-3)38-40(7)36-47-45-26-22-43(23-27-45)42(9)44-24-28-46(29-25-44)48-37-41(8)39-56(52-33-19-13-4,53-34-20-14-5)54-35-21-15-6/h22-29,40-42H,10-21,30-39H2,1-9H3. The largest absolute Gasteiger partial charge is 0.501 e. The van der Waals surface area contributed by atoms with E-state index in [1.807, 2.05) is 0 Å². The lowest BCUT2D eigenvalue weighted by atomic mass is 9.93. The second-order valence-electron chi connectivity index (χ2n) is 15.7. The lowest BCUT2D eigenvalue weighted by Gasteiger charge is -2.32. The van der Waals surface area contributed by atoms with Crippen molar-refractivity contribution in [1.82, 2.24) is 0 Å². The van der Waals surface area contributed by atoms with E-state index < -0.39 is 17.6 Å². The predicted molar refractivity (Wildman–Crippen MR) is 236 cm³/mol. The molecule has 0 spiro atoms. The van der Waals surface area contributed by atoms with E-state index in [0.29, 0.717) is 52.9 Å². The van der Waals surface area contributed by atoms with Gasteiger partial charge in [-0.3, -0.25) is 0 Å². The van der Waals surface area contributed by atoms with Gasteiger partial charge in [0.2, 0.25) is 0 Å². The van der Waals surface area contributed by atoms with Gasteiger partial charge in [0.1, 0.15) is 11.5 Å².